The lowest BCUT2D eigenvalue weighted by molar-refractivity contribution is 0.480. The zero-order valence-electron chi connectivity index (χ0n) is 10.1. The van der Waals surface area contributed by atoms with Crippen molar-refractivity contribution in [2.45, 2.75) is 28.5 Å². The van der Waals surface area contributed by atoms with E-state index in [1.54, 1.807) is 6.92 Å². The topological polar surface area (TPSA) is 109 Å². The zero-order valence-corrected chi connectivity index (χ0v) is 12.6. The van der Waals surface area contributed by atoms with Crippen LogP contribution in [0.15, 0.2) is 38.3 Å². The lowest BCUT2D eigenvalue weighted by Crippen LogP contribution is -2.06. The third kappa shape index (κ3) is 4.05. The van der Waals surface area contributed by atoms with Crippen molar-refractivity contribution >= 4 is 32.0 Å². The molecular formula is C10H12O6S3. The first-order chi connectivity index (χ1) is 8.43. The van der Waals surface area contributed by atoms with E-state index in [1.807, 2.05) is 0 Å². The molecule has 0 saturated heterocycles. The minimum Gasteiger partial charge on any atom is -0.282 e. The Morgan fingerprint density at radius 2 is 1.68 bits per heavy atom. The first kappa shape index (κ1) is 16.2. The van der Waals surface area contributed by atoms with Crippen LogP contribution in [0.2, 0.25) is 0 Å². The predicted molar refractivity (Wildman–Crippen MR) is 71.5 cm³/mol. The molecule has 9 heteroatoms. The van der Waals surface area contributed by atoms with E-state index in [2.05, 4.69) is 6.58 Å². The molecule has 0 aliphatic rings. The van der Waals surface area contributed by atoms with Crippen LogP contribution in [0, 0.1) is 6.92 Å². The Balaban J connectivity index is 3.71. The van der Waals surface area contributed by atoms with Gasteiger partial charge >= 0.3 is 0 Å². The van der Waals surface area contributed by atoms with Gasteiger partial charge in [-0.15, -0.1) is 0 Å². The predicted octanol–water partition coefficient (Wildman–Crippen LogP) is 2.11. The molecule has 0 saturated carbocycles. The van der Waals surface area contributed by atoms with E-state index in [0.29, 0.717) is 11.0 Å². The van der Waals surface area contributed by atoms with Crippen molar-refractivity contribution in [2.75, 3.05) is 0 Å². The fourth-order valence-electron chi connectivity index (χ4n) is 1.35. The largest absolute Gasteiger partial charge is 0.294 e. The molecule has 0 amide bonds. The Labute approximate surface area is 116 Å². The maximum atomic E-state index is 11.2. The first-order valence-corrected chi connectivity index (χ1v) is 8.55. The Hall–Kier alpha value is -0.870. The average molecular weight is 324 g/mol. The molecule has 0 fully saturated rings. The molecule has 0 heterocycles. The van der Waals surface area contributed by atoms with Crippen LogP contribution in [0.1, 0.15) is 12.5 Å². The van der Waals surface area contributed by atoms with Crippen molar-refractivity contribution in [3.63, 3.8) is 0 Å². The van der Waals surface area contributed by atoms with Gasteiger partial charge in [0.25, 0.3) is 20.2 Å². The van der Waals surface area contributed by atoms with Gasteiger partial charge in [0.1, 0.15) is 0 Å². The Morgan fingerprint density at radius 1 is 1.16 bits per heavy atom. The number of allylic oxidation sites excluding steroid dienone is 1. The van der Waals surface area contributed by atoms with Crippen LogP contribution in [-0.4, -0.2) is 25.9 Å². The van der Waals surface area contributed by atoms with Gasteiger partial charge in [-0.2, -0.15) is 16.8 Å². The molecule has 0 aromatic heterocycles. The standard InChI is InChI=1S/C10H12O6S3/c1-6(2)17-9-4-8(18(11,12)13)5-10(7(9)3)19(14,15)16/h4-5H,1H2,2-3H3,(H,11,12,13)(H,14,15,16). The molecule has 0 bridgehead atoms. The van der Waals surface area contributed by atoms with Crippen LogP contribution in [0.4, 0.5) is 0 Å². The molecule has 1 aromatic carbocycles. The molecular weight excluding hydrogens is 312 g/mol. The molecule has 0 radical (unpaired) electrons. The second-order valence-corrected chi connectivity index (χ2v) is 7.95. The third-order valence-electron chi connectivity index (χ3n) is 2.15. The molecule has 0 atom stereocenters. The summed E-state index contributed by atoms with van der Waals surface area (Å²) in [5.74, 6) is 0. The molecule has 6 nitrogen and oxygen atoms in total. The fourth-order valence-corrected chi connectivity index (χ4v) is 3.69. The monoisotopic (exact) mass is 324 g/mol. The van der Waals surface area contributed by atoms with Crippen molar-refractivity contribution in [1.29, 1.82) is 0 Å². The maximum Gasteiger partial charge on any atom is 0.294 e. The average Bonchev–Trinajstić information content (AvgIpc) is 2.16. The van der Waals surface area contributed by atoms with E-state index in [-0.39, 0.29) is 10.5 Å². The normalized spacial score (nSPS) is 12.4. The molecule has 0 unspecified atom stereocenters. The molecule has 19 heavy (non-hydrogen) atoms. The molecule has 2 N–H and O–H groups in total. The first-order valence-electron chi connectivity index (χ1n) is 4.86. The number of rotatable bonds is 4. The highest BCUT2D eigenvalue weighted by atomic mass is 32.2. The molecule has 0 spiro atoms. The maximum absolute atomic E-state index is 11.2. The second kappa shape index (κ2) is 5.25. The number of hydrogen-bond acceptors (Lipinski definition) is 5. The van der Waals surface area contributed by atoms with Crippen molar-refractivity contribution in [3.05, 3.63) is 29.2 Å². The van der Waals surface area contributed by atoms with Crippen LogP contribution in [-0.2, 0) is 20.2 Å². The van der Waals surface area contributed by atoms with Crippen molar-refractivity contribution in [1.82, 2.24) is 0 Å². The number of hydrogen-bond donors (Lipinski definition) is 2. The highest BCUT2D eigenvalue weighted by Crippen LogP contribution is 2.34. The molecule has 1 rings (SSSR count). The number of thioether (sulfide) groups is 1. The third-order valence-corrected chi connectivity index (χ3v) is 4.95. The van der Waals surface area contributed by atoms with E-state index in [0.717, 1.165) is 17.8 Å². The van der Waals surface area contributed by atoms with E-state index in [9.17, 15) is 16.8 Å². The smallest absolute Gasteiger partial charge is 0.282 e. The van der Waals surface area contributed by atoms with Gasteiger partial charge in [-0.05, 0) is 36.4 Å². The van der Waals surface area contributed by atoms with Gasteiger partial charge in [-0.1, -0.05) is 18.3 Å². The Morgan fingerprint density at radius 3 is 2.05 bits per heavy atom. The van der Waals surface area contributed by atoms with Crippen LogP contribution < -0.4 is 0 Å². The lowest BCUT2D eigenvalue weighted by Gasteiger charge is -2.11. The summed E-state index contributed by atoms with van der Waals surface area (Å²) in [6.07, 6.45) is 0. The van der Waals surface area contributed by atoms with Gasteiger partial charge in [-0.3, -0.25) is 9.11 Å². The summed E-state index contributed by atoms with van der Waals surface area (Å²) in [5.41, 5.74) is 0.183. The van der Waals surface area contributed by atoms with E-state index < -0.39 is 30.0 Å². The van der Waals surface area contributed by atoms with E-state index in [1.165, 1.54) is 6.92 Å². The summed E-state index contributed by atoms with van der Waals surface area (Å²) >= 11 is 1.04. The van der Waals surface area contributed by atoms with Crippen molar-refractivity contribution in [2.24, 2.45) is 0 Å². The SMILES string of the molecule is C=C(C)Sc1cc(S(=O)(=O)O)cc(S(=O)(=O)O)c1C. The summed E-state index contributed by atoms with van der Waals surface area (Å²) in [4.78, 5) is -0.298. The molecule has 106 valence electrons. The van der Waals surface area contributed by atoms with Crippen LogP contribution in [0.5, 0.6) is 0 Å². The van der Waals surface area contributed by atoms with Gasteiger partial charge in [-0.25, -0.2) is 0 Å². The van der Waals surface area contributed by atoms with Crippen molar-refractivity contribution in [3.8, 4) is 0 Å². The highest BCUT2D eigenvalue weighted by molar-refractivity contribution is 8.03. The van der Waals surface area contributed by atoms with E-state index in [4.69, 9.17) is 9.11 Å². The zero-order chi connectivity index (χ0) is 15.0. The molecule has 0 aliphatic heterocycles. The van der Waals surface area contributed by atoms with Crippen LogP contribution in [0.3, 0.4) is 0 Å². The molecule has 0 aliphatic carbocycles. The lowest BCUT2D eigenvalue weighted by atomic mass is 10.2. The Kier molecular flexibility index (Phi) is 4.47. The number of benzene rings is 1. The van der Waals surface area contributed by atoms with Crippen LogP contribution in [0.25, 0.3) is 0 Å². The van der Waals surface area contributed by atoms with Crippen LogP contribution >= 0.6 is 11.8 Å². The molecule has 1 aromatic rings. The minimum atomic E-state index is -4.59. The quantitative estimate of drug-likeness (QED) is 0.645. The summed E-state index contributed by atoms with van der Waals surface area (Å²) in [6, 6.07) is 1.83. The fraction of sp³-hybridized carbons (Fsp3) is 0.200. The van der Waals surface area contributed by atoms with Gasteiger partial charge < -0.3 is 0 Å². The second-order valence-electron chi connectivity index (χ2n) is 3.80. The Bertz CT molecular complexity index is 731. The minimum absolute atomic E-state index is 0.183. The summed E-state index contributed by atoms with van der Waals surface area (Å²) in [6.45, 7) is 6.68. The summed E-state index contributed by atoms with van der Waals surface area (Å²) < 4.78 is 62.7. The van der Waals surface area contributed by atoms with Gasteiger partial charge in [0.15, 0.2) is 0 Å². The van der Waals surface area contributed by atoms with Gasteiger partial charge in [0, 0.05) is 4.90 Å². The van der Waals surface area contributed by atoms with Gasteiger partial charge in [0.05, 0.1) is 9.79 Å². The van der Waals surface area contributed by atoms with Crippen molar-refractivity contribution < 1.29 is 25.9 Å². The summed E-state index contributed by atoms with van der Waals surface area (Å²) in [7, 11) is -9.17. The highest BCUT2D eigenvalue weighted by Gasteiger charge is 2.22. The van der Waals surface area contributed by atoms with E-state index >= 15 is 0 Å². The summed E-state index contributed by atoms with van der Waals surface area (Å²) in [5, 5.41) is 0. The van der Waals surface area contributed by atoms with Gasteiger partial charge in [0.2, 0.25) is 0 Å².